The predicted octanol–water partition coefficient (Wildman–Crippen LogP) is 1.61. The van der Waals surface area contributed by atoms with E-state index >= 15 is 0 Å². The van der Waals surface area contributed by atoms with Gasteiger partial charge in [0.25, 0.3) is 0 Å². The predicted molar refractivity (Wildman–Crippen MR) is 101 cm³/mol. The van der Waals surface area contributed by atoms with Crippen molar-refractivity contribution in [3.63, 3.8) is 0 Å². The minimum absolute atomic E-state index is 0.126. The Labute approximate surface area is 166 Å². The smallest absolute Gasteiger partial charge is 0.302 e. The molecular weight excluding hydrogens is 360 g/mol. The van der Waals surface area contributed by atoms with Crippen LogP contribution in [0.4, 0.5) is 0 Å². The summed E-state index contributed by atoms with van der Waals surface area (Å²) in [6.07, 6.45) is 0.333. The van der Waals surface area contributed by atoms with Crippen LogP contribution in [0.2, 0.25) is 0 Å². The quantitative estimate of drug-likeness (QED) is 0.487. The highest BCUT2D eigenvalue weighted by Crippen LogP contribution is 2.71. The topological polar surface area (TPSA) is 104 Å². The van der Waals surface area contributed by atoms with Gasteiger partial charge >= 0.3 is 5.97 Å². The molecule has 4 aliphatic carbocycles. The zero-order valence-corrected chi connectivity index (χ0v) is 17.0. The molecule has 6 heteroatoms. The van der Waals surface area contributed by atoms with Gasteiger partial charge in [-0.3, -0.25) is 9.59 Å². The Morgan fingerprint density at radius 1 is 1.21 bits per heavy atom. The number of rotatable bonds is 2. The highest BCUT2D eigenvalue weighted by Gasteiger charge is 2.77. The number of hydrogen-bond acceptors (Lipinski definition) is 6. The van der Waals surface area contributed by atoms with Crippen LogP contribution < -0.4 is 0 Å². The fourth-order valence-electron chi connectivity index (χ4n) is 7.67. The molecule has 0 amide bonds. The van der Waals surface area contributed by atoms with Gasteiger partial charge < -0.3 is 20.1 Å². The van der Waals surface area contributed by atoms with Crippen molar-refractivity contribution in [1.29, 1.82) is 0 Å². The van der Waals surface area contributed by atoms with E-state index in [2.05, 4.69) is 20.4 Å². The molecule has 0 aromatic rings. The molecule has 8 unspecified atom stereocenters. The molecule has 28 heavy (non-hydrogen) atoms. The Hall–Kier alpha value is -1.24. The van der Waals surface area contributed by atoms with Crippen molar-refractivity contribution >= 4 is 11.8 Å². The minimum atomic E-state index is -1.32. The molecule has 6 nitrogen and oxygen atoms in total. The van der Waals surface area contributed by atoms with Crippen LogP contribution in [0.1, 0.15) is 52.9 Å². The monoisotopic (exact) mass is 392 g/mol. The highest BCUT2D eigenvalue weighted by atomic mass is 16.5. The second kappa shape index (κ2) is 6.13. The summed E-state index contributed by atoms with van der Waals surface area (Å²) in [7, 11) is 0. The second-order valence-corrected chi connectivity index (χ2v) is 10.2. The van der Waals surface area contributed by atoms with Crippen molar-refractivity contribution < 1.29 is 29.6 Å². The van der Waals surface area contributed by atoms with Crippen LogP contribution in [0.5, 0.6) is 0 Å². The third kappa shape index (κ3) is 2.14. The van der Waals surface area contributed by atoms with Crippen LogP contribution in [0.25, 0.3) is 0 Å². The van der Waals surface area contributed by atoms with Crippen molar-refractivity contribution in [2.24, 2.45) is 34.0 Å². The van der Waals surface area contributed by atoms with Crippen molar-refractivity contribution in [3.8, 4) is 0 Å². The molecule has 0 aromatic carbocycles. The first-order valence-electron chi connectivity index (χ1n) is 10.4. The summed E-state index contributed by atoms with van der Waals surface area (Å²) in [5.74, 6) is -1.66. The Morgan fingerprint density at radius 3 is 2.50 bits per heavy atom. The van der Waals surface area contributed by atoms with E-state index in [4.69, 9.17) is 4.74 Å². The van der Waals surface area contributed by atoms with E-state index in [1.54, 1.807) is 0 Å². The third-order valence-electron chi connectivity index (χ3n) is 8.83. The Balaban J connectivity index is 1.95. The zero-order valence-electron chi connectivity index (χ0n) is 17.0. The maximum atomic E-state index is 13.5. The average Bonchev–Trinajstić information content (AvgIpc) is 2.74. The van der Waals surface area contributed by atoms with Crippen molar-refractivity contribution in [1.82, 2.24) is 0 Å². The summed E-state index contributed by atoms with van der Waals surface area (Å²) in [6, 6.07) is 0. The number of esters is 1. The fourth-order valence-corrected chi connectivity index (χ4v) is 7.67. The lowest BCUT2D eigenvalue weighted by molar-refractivity contribution is -0.270. The molecule has 8 atom stereocenters. The van der Waals surface area contributed by atoms with E-state index in [1.807, 2.05) is 0 Å². The van der Waals surface area contributed by atoms with E-state index in [-0.39, 0.29) is 29.6 Å². The minimum Gasteiger partial charge on any atom is -0.461 e. The molecule has 0 aliphatic heterocycles. The maximum Gasteiger partial charge on any atom is 0.302 e. The first-order chi connectivity index (χ1) is 13.0. The molecule has 0 aromatic heterocycles. The number of aliphatic hydroxyl groups excluding tert-OH is 3. The molecule has 4 saturated carbocycles. The summed E-state index contributed by atoms with van der Waals surface area (Å²) in [4.78, 5) is 25.5. The molecule has 156 valence electrons. The van der Waals surface area contributed by atoms with Crippen LogP contribution in [0, 0.1) is 34.0 Å². The molecule has 0 heterocycles. The largest absolute Gasteiger partial charge is 0.461 e. The highest BCUT2D eigenvalue weighted by molar-refractivity contribution is 6.04. The Kier molecular flexibility index (Phi) is 4.39. The van der Waals surface area contributed by atoms with Crippen molar-refractivity contribution in [2.45, 2.75) is 71.2 Å². The average molecular weight is 392 g/mol. The number of fused-ring (bicyclic) bond motifs is 3. The van der Waals surface area contributed by atoms with E-state index in [9.17, 15) is 24.9 Å². The molecule has 4 rings (SSSR count). The lowest BCUT2D eigenvalue weighted by atomic mass is 9.38. The van der Waals surface area contributed by atoms with Gasteiger partial charge in [-0.15, -0.1) is 0 Å². The number of aliphatic hydroxyl groups is 3. The van der Waals surface area contributed by atoms with Gasteiger partial charge in [-0.1, -0.05) is 20.4 Å². The number of carbonyl (C=O) groups is 2. The molecule has 2 bridgehead atoms. The van der Waals surface area contributed by atoms with Gasteiger partial charge in [-0.05, 0) is 54.9 Å². The van der Waals surface area contributed by atoms with Gasteiger partial charge in [0.05, 0.1) is 18.8 Å². The number of ketones is 1. The van der Waals surface area contributed by atoms with Gasteiger partial charge in [-0.2, -0.15) is 0 Å². The van der Waals surface area contributed by atoms with E-state index in [1.165, 1.54) is 6.92 Å². The maximum absolute atomic E-state index is 13.5. The third-order valence-corrected chi connectivity index (χ3v) is 8.83. The van der Waals surface area contributed by atoms with Crippen molar-refractivity contribution in [2.75, 3.05) is 6.61 Å². The SMILES string of the molecule is C=C1C(=O)C23C(OC(C)=O)CC4C(C)(C)CCC(O)C4(CO)C2CCC1C3O. The molecule has 3 N–H and O–H groups in total. The van der Waals surface area contributed by atoms with Crippen LogP contribution in [-0.4, -0.2) is 52.0 Å². The first kappa shape index (κ1) is 20.0. The normalized spacial score (nSPS) is 49.4. The van der Waals surface area contributed by atoms with Gasteiger partial charge in [0.1, 0.15) is 11.5 Å². The van der Waals surface area contributed by atoms with Crippen molar-refractivity contribution in [3.05, 3.63) is 12.2 Å². The Morgan fingerprint density at radius 2 is 1.89 bits per heavy atom. The van der Waals surface area contributed by atoms with Crippen LogP contribution >= 0.6 is 0 Å². The van der Waals surface area contributed by atoms with Crippen LogP contribution in [0.15, 0.2) is 12.2 Å². The summed E-state index contributed by atoms with van der Waals surface area (Å²) in [6.45, 7) is 9.26. The van der Waals surface area contributed by atoms with Crippen LogP contribution in [-0.2, 0) is 14.3 Å². The summed E-state index contributed by atoms with van der Waals surface area (Å²) >= 11 is 0. The van der Waals surface area contributed by atoms with Gasteiger partial charge in [-0.25, -0.2) is 0 Å². The fraction of sp³-hybridized carbons (Fsp3) is 0.818. The molecule has 0 radical (unpaired) electrons. The Bertz CT molecular complexity index is 729. The number of Topliss-reactive ketones (excluding diaryl/α,β-unsaturated/α-hetero) is 1. The lowest BCUT2D eigenvalue weighted by Crippen LogP contribution is -2.72. The number of carbonyl (C=O) groups excluding carboxylic acids is 2. The molecule has 4 aliphatic rings. The van der Waals surface area contributed by atoms with E-state index in [0.29, 0.717) is 31.3 Å². The first-order valence-corrected chi connectivity index (χ1v) is 10.4. The zero-order chi connectivity index (χ0) is 20.6. The molecule has 1 spiro atoms. The summed E-state index contributed by atoms with van der Waals surface area (Å²) < 4.78 is 5.71. The molecular formula is C22H32O6. The second-order valence-electron chi connectivity index (χ2n) is 10.2. The lowest BCUT2D eigenvalue weighted by Gasteiger charge is -2.67. The number of ether oxygens (including phenoxy) is 1. The number of hydrogen-bond donors (Lipinski definition) is 3. The summed E-state index contributed by atoms with van der Waals surface area (Å²) in [5.41, 5.74) is -2.02. The van der Waals surface area contributed by atoms with Gasteiger partial charge in [0.15, 0.2) is 5.78 Å². The van der Waals surface area contributed by atoms with Gasteiger partial charge in [0.2, 0.25) is 0 Å². The van der Waals surface area contributed by atoms with E-state index < -0.39 is 41.0 Å². The van der Waals surface area contributed by atoms with Gasteiger partial charge in [0, 0.05) is 18.3 Å². The summed E-state index contributed by atoms with van der Waals surface area (Å²) in [5, 5.41) is 33.1. The molecule has 4 fully saturated rings. The standard InChI is InChI=1S/C22H32O6/c1-11-13-5-6-14-21(10-23)15(20(3,4)8-7-16(21)25)9-17(28-12(2)24)22(14,18(11)26)19(13)27/h13-17,19,23,25,27H,1,5-10H2,2-4H3. The molecule has 0 saturated heterocycles. The van der Waals surface area contributed by atoms with E-state index in [0.717, 1.165) is 6.42 Å². The van der Waals surface area contributed by atoms with Crippen LogP contribution in [0.3, 0.4) is 0 Å².